The van der Waals surface area contributed by atoms with Gasteiger partial charge in [0.15, 0.2) is 0 Å². The Morgan fingerprint density at radius 1 is 1.18 bits per heavy atom. The minimum absolute atomic E-state index is 0.308. The molecule has 2 aromatic carbocycles. The Morgan fingerprint density at radius 3 is 2.59 bits per heavy atom. The van der Waals surface area contributed by atoms with Gasteiger partial charge >= 0.3 is 0 Å². The molecule has 0 aliphatic heterocycles. The van der Waals surface area contributed by atoms with E-state index in [0.717, 1.165) is 33.2 Å². The highest BCUT2D eigenvalue weighted by Crippen LogP contribution is 2.28. The first-order chi connectivity index (χ1) is 16.0. The lowest BCUT2D eigenvalue weighted by Gasteiger charge is -2.21. The number of aryl methyl sites for hydroxylation is 1. The predicted molar refractivity (Wildman–Crippen MR) is 136 cm³/mol. The topological polar surface area (TPSA) is 93.0 Å². The number of hydrogen-bond donors (Lipinski definition) is 1. The highest BCUT2D eigenvalue weighted by molar-refractivity contribution is 7.92. The average Bonchev–Trinajstić information content (AvgIpc) is 3.06. The van der Waals surface area contributed by atoms with E-state index < -0.39 is 22.5 Å². The quantitative estimate of drug-likeness (QED) is 0.352. The molecule has 0 aliphatic rings. The van der Waals surface area contributed by atoms with Crippen LogP contribution in [0.25, 0.3) is 5.69 Å². The molecule has 0 bridgehead atoms. The van der Waals surface area contributed by atoms with Crippen molar-refractivity contribution in [3.8, 4) is 11.4 Å². The number of nitrogens with one attached hydrogen (secondary N) is 1. The van der Waals surface area contributed by atoms with Gasteiger partial charge in [-0.2, -0.15) is 5.10 Å². The van der Waals surface area contributed by atoms with Crippen LogP contribution in [0, 0.1) is 13.8 Å². The molecule has 1 heterocycles. The molecule has 0 atom stereocenters. The molecule has 1 N–H and O–H groups in total. The molecule has 0 spiro atoms. The molecule has 1 aromatic heterocycles. The fourth-order valence-corrected chi connectivity index (χ4v) is 4.67. The smallest absolute Gasteiger partial charge is 0.260 e. The van der Waals surface area contributed by atoms with Gasteiger partial charge < -0.3 is 9.30 Å². The first-order valence-corrected chi connectivity index (χ1v) is 12.7. The summed E-state index contributed by atoms with van der Waals surface area (Å²) in [6.07, 6.45) is 2.52. The number of methoxy groups -OCH3 is 1. The van der Waals surface area contributed by atoms with Crippen LogP contribution in [0.2, 0.25) is 10.0 Å². The number of sulfonamides is 1. The number of hydrazone groups is 1. The zero-order chi connectivity index (χ0) is 25.0. The Hall–Kier alpha value is -3.01. The molecule has 3 aromatic rings. The summed E-state index contributed by atoms with van der Waals surface area (Å²) in [4.78, 5) is 12.5. The minimum atomic E-state index is -3.72. The van der Waals surface area contributed by atoms with Gasteiger partial charge in [-0.3, -0.25) is 9.10 Å². The molecule has 8 nitrogen and oxygen atoms in total. The summed E-state index contributed by atoms with van der Waals surface area (Å²) in [5.41, 5.74) is 5.92. The maximum absolute atomic E-state index is 12.5. The summed E-state index contributed by atoms with van der Waals surface area (Å²) in [6.45, 7) is 3.36. The van der Waals surface area contributed by atoms with E-state index in [1.807, 2.05) is 24.5 Å². The van der Waals surface area contributed by atoms with Crippen LogP contribution in [0.4, 0.5) is 5.69 Å². The van der Waals surface area contributed by atoms with Crippen LogP contribution < -0.4 is 14.5 Å². The monoisotopic (exact) mass is 522 g/mol. The van der Waals surface area contributed by atoms with Gasteiger partial charge in [-0.15, -0.1) is 0 Å². The number of nitrogens with zero attached hydrogens (tertiary/aromatic N) is 3. The molecule has 0 saturated heterocycles. The van der Waals surface area contributed by atoms with Gasteiger partial charge in [0.25, 0.3) is 5.91 Å². The molecule has 0 radical (unpaired) electrons. The highest BCUT2D eigenvalue weighted by atomic mass is 35.5. The van der Waals surface area contributed by atoms with E-state index in [1.165, 1.54) is 19.4 Å². The number of benzene rings is 2. The molecule has 0 fully saturated rings. The van der Waals surface area contributed by atoms with Crippen molar-refractivity contribution < 1.29 is 17.9 Å². The van der Waals surface area contributed by atoms with Crippen LogP contribution in [0.15, 0.2) is 53.6 Å². The Labute approximate surface area is 208 Å². The number of anilines is 1. The zero-order valence-corrected chi connectivity index (χ0v) is 21.4. The third-order valence-electron chi connectivity index (χ3n) is 5.04. The number of halogens is 2. The van der Waals surface area contributed by atoms with Crippen molar-refractivity contribution in [3.05, 3.63) is 75.5 Å². The maximum Gasteiger partial charge on any atom is 0.260 e. The van der Waals surface area contributed by atoms with Gasteiger partial charge in [0, 0.05) is 28.0 Å². The van der Waals surface area contributed by atoms with Crippen molar-refractivity contribution >= 4 is 51.0 Å². The molecular weight excluding hydrogens is 499 g/mol. The minimum Gasteiger partial charge on any atom is -0.497 e. The van der Waals surface area contributed by atoms with Crippen molar-refractivity contribution in [2.45, 2.75) is 13.8 Å². The number of carbonyl (C=O) groups is 1. The van der Waals surface area contributed by atoms with Crippen molar-refractivity contribution in [2.24, 2.45) is 5.10 Å². The first-order valence-electron chi connectivity index (χ1n) is 10.1. The SMILES string of the molecule is COc1cccc(N(CC(=O)N/N=C\c2cc(C)n(-c3cc(Cl)ccc3Cl)c2C)S(C)(=O)=O)c1. The van der Waals surface area contributed by atoms with Crippen LogP contribution >= 0.6 is 23.2 Å². The maximum atomic E-state index is 12.5. The molecular formula is C23H24Cl2N4O4S. The molecule has 11 heteroatoms. The Kier molecular flexibility index (Phi) is 7.91. The van der Waals surface area contributed by atoms with Crippen molar-refractivity contribution in [1.82, 2.24) is 9.99 Å². The summed E-state index contributed by atoms with van der Waals surface area (Å²) in [5, 5.41) is 5.11. The van der Waals surface area contributed by atoms with E-state index in [2.05, 4.69) is 10.5 Å². The normalized spacial score (nSPS) is 11.6. The average molecular weight is 523 g/mol. The van der Waals surface area contributed by atoms with E-state index in [4.69, 9.17) is 27.9 Å². The Bertz CT molecular complexity index is 1350. The number of carbonyl (C=O) groups excluding carboxylic acids is 1. The van der Waals surface area contributed by atoms with Gasteiger partial charge in [0.1, 0.15) is 12.3 Å². The van der Waals surface area contributed by atoms with E-state index in [-0.39, 0.29) is 0 Å². The molecule has 34 heavy (non-hydrogen) atoms. The van der Waals surface area contributed by atoms with Gasteiger partial charge in [0.05, 0.1) is 36.0 Å². The van der Waals surface area contributed by atoms with E-state index >= 15 is 0 Å². The second kappa shape index (κ2) is 10.5. The van der Waals surface area contributed by atoms with E-state index in [1.54, 1.807) is 36.4 Å². The number of amides is 1. The first kappa shape index (κ1) is 25.6. The Morgan fingerprint density at radius 2 is 1.91 bits per heavy atom. The zero-order valence-electron chi connectivity index (χ0n) is 19.0. The molecule has 0 saturated carbocycles. The summed E-state index contributed by atoms with van der Waals surface area (Å²) in [7, 11) is -2.25. The molecule has 180 valence electrons. The van der Waals surface area contributed by atoms with Crippen LogP contribution in [-0.4, -0.2) is 45.0 Å². The highest BCUT2D eigenvalue weighted by Gasteiger charge is 2.21. The number of hydrogen-bond acceptors (Lipinski definition) is 5. The van der Waals surface area contributed by atoms with Crippen LogP contribution in [0.5, 0.6) is 5.75 Å². The fourth-order valence-electron chi connectivity index (χ4n) is 3.45. The summed E-state index contributed by atoms with van der Waals surface area (Å²) < 4.78 is 32.6. The van der Waals surface area contributed by atoms with Crippen molar-refractivity contribution in [1.29, 1.82) is 0 Å². The number of aromatic nitrogens is 1. The third kappa shape index (κ3) is 5.91. The van der Waals surface area contributed by atoms with Crippen LogP contribution in [-0.2, 0) is 14.8 Å². The summed E-state index contributed by atoms with van der Waals surface area (Å²) in [6, 6.07) is 13.5. The van der Waals surface area contributed by atoms with Crippen LogP contribution in [0.3, 0.4) is 0 Å². The lowest BCUT2D eigenvalue weighted by molar-refractivity contribution is -0.119. The lowest BCUT2D eigenvalue weighted by atomic mass is 10.2. The predicted octanol–water partition coefficient (Wildman–Crippen LogP) is 4.33. The second-order valence-electron chi connectivity index (χ2n) is 7.52. The van der Waals surface area contributed by atoms with Gasteiger partial charge in [-0.1, -0.05) is 29.3 Å². The van der Waals surface area contributed by atoms with Gasteiger partial charge in [-0.05, 0) is 50.2 Å². The van der Waals surface area contributed by atoms with Crippen LogP contribution in [0.1, 0.15) is 17.0 Å². The Balaban J connectivity index is 1.77. The summed E-state index contributed by atoms with van der Waals surface area (Å²) >= 11 is 12.5. The molecule has 0 aliphatic carbocycles. The van der Waals surface area contributed by atoms with Gasteiger partial charge in [-0.25, -0.2) is 13.8 Å². The number of ether oxygens (including phenoxy) is 1. The van der Waals surface area contributed by atoms with Gasteiger partial charge in [0.2, 0.25) is 10.0 Å². The van der Waals surface area contributed by atoms with E-state index in [0.29, 0.717) is 21.5 Å². The van der Waals surface area contributed by atoms with Crippen molar-refractivity contribution in [3.63, 3.8) is 0 Å². The lowest BCUT2D eigenvalue weighted by Crippen LogP contribution is -2.39. The molecule has 3 rings (SSSR count). The number of rotatable bonds is 8. The third-order valence-corrected chi connectivity index (χ3v) is 6.74. The van der Waals surface area contributed by atoms with E-state index in [9.17, 15) is 13.2 Å². The second-order valence-corrected chi connectivity index (χ2v) is 10.3. The molecule has 0 unspecified atom stereocenters. The fraction of sp³-hybridized carbons (Fsp3) is 0.217. The molecule has 1 amide bonds. The standard InChI is InChI=1S/C23H24Cl2N4O4S/c1-15-10-17(16(2)29(15)22-11-18(24)8-9-21(22)25)13-26-27-23(30)14-28(34(4,31)32)19-6-5-7-20(12-19)33-3/h5-13H,14H2,1-4H3,(H,27,30)/b26-13-. The largest absolute Gasteiger partial charge is 0.497 e. The van der Waals surface area contributed by atoms with Crippen molar-refractivity contribution in [2.75, 3.05) is 24.2 Å². The summed E-state index contributed by atoms with van der Waals surface area (Å²) in [5.74, 6) is -0.129.